The van der Waals surface area contributed by atoms with Crippen LogP contribution in [0.15, 0.2) is 36.4 Å². The van der Waals surface area contributed by atoms with Gasteiger partial charge in [0.2, 0.25) is 0 Å². The van der Waals surface area contributed by atoms with Crippen molar-refractivity contribution >= 4 is 50.1 Å². The first-order chi connectivity index (χ1) is 11.5. The number of carbonyl (C=O) groups is 1. The van der Waals surface area contributed by atoms with E-state index < -0.39 is 5.97 Å². The average molecular weight is 372 g/mol. The van der Waals surface area contributed by atoms with Crippen LogP contribution in [0.3, 0.4) is 0 Å². The molecule has 120 valence electrons. The molecule has 0 spiro atoms. The number of aromatic carboxylic acids is 1. The average Bonchev–Trinajstić information content (AvgIpc) is 3.22. The molecule has 0 unspecified atom stereocenters. The molecule has 6 heteroatoms. The number of rotatable bonds is 3. The van der Waals surface area contributed by atoms with Gasteiger partial charge in [-0.15, -0.1) is 34.0 Å². The van der Waals surface area contributed by atoms with Gasteiger partial charge in [0, 0.05) is 14.5 Å². The maximum Gasteiger partial charge on any atom is 0.347 e. The van der Waals surface area contributed by atoms with Crippen molar-refractivity contribution in [1.29, 1.82) is 0 Å². The first-order valence-corrected chi connectivity index (χ1v) is 9.78. The minimum absolute atomic E-state index is 0.321. The van der Waals surface area contributed by atoms with Crippen molar-refractivity contribution in [3.05, 3.63) is 52.5 Å². The Bertz CT molecular complexity index is 1040. The molecule has 0 fully saturated rings. The van der Waals surface area contributed by atoms with Crippen LogP contribution in [0, 0.1) is 13.8 Å². The molecule has 4 aromatic rings. The number of nitrogens with zero attached hydrogens (tertiary/aromatic N) is 1. The van der Waals surface area contributed by atoms with Crippen LogP contribution in [0.25, 0.3) is 29.7 Å². The van der Waals surface area contributed by atoms with Crippen LogP contribution >= 0.6 is 34.0 Å². The highest BCUT2D eigenvalue weighted by atomic mass is 32.1. The van der Waals surface area contributed by atoms with Gasteiger partial charge in [0.15, 0.2) is 0 Å². The lowest BCUT2D eigenvalue weighted by atomic mass is 10.2. The maximum absolute atomic E-state index is 11.3. The first kappa shape index (κ1) is 15.5. The molecule has 0 bridgehead atoms. The van der Waals surface area contributed by atoms with Crippen molar-refractivity contribution < 1.29 is 9.90 Å². The maximum atomic E-state index is 11.3. The summed E-state index contributed by atoms with van der Waals surface area (Å²) in [4.78, 5) is 19.5. The summed E-state index contributed by atoms with van der Waals surface area (Å²) in [6, 6.07) is 12.7. The number of thiophene rings is 2. The Hall–Kier alpha value is -2.02. The second-order valence-corrected chi connectivity index (χ2v) is 8.65. The third-order valence-corrected chi connectivity index (χ3v) is 7.62. The quantitative estimate of drug-likeness (QED) is 0.475. The monoisotopic (exact) mass is 371 g/mol. The molecule has 0 aliphatic carbocycles. The molecule has 0 amide bonds. The van der Waals surface area contributed by atoms with E-state index in [1.807, 2.05) is 0 Å². The molecule has 1 aromatic carbocycles. The summed E-state index contributed by atoms with van der Waals surface area (Å²) in [6.07, 6.45) is 0. The largest absolute Gasteiger partial charge is 0.477 e. The number of carboxylic acids is 1. The van der Waals surface area contributed by atoms with Crippen molar-refractivity contribution in [2.24, 2.45) is 0 Å². The van der Waals surface area contributed by atoms with E-state index in [4.69, 9.17) is 0 Å². The van der Waals surface area contributed by atoms with Crippen LogP contribution in [0.5, 0.6) is 0 Å². The van der Waals surface area contributed by atoms with Crippen molar-refractivity contribution in [3.8, 4) is 19.6 Å². The van der Waals surface area contributed by atoms with Crippen LogP contribution in [0.1, 0.15) is 20.9 Å². The number of fused-ring (bicyclic) bond motifs is 1. The minimum Gasteiger partial charge on any atom is -0.477 e. The fraction of sp³-hybridized carbons (Fsp3) is 0.111. The second kappa shape index (κ2) is 5.81. The molecule has 4 rings (SSSR count). The Morgan fingerprint density at radius 1 is 1.04 bits per heavy atom. The van der Waals surface area contributed by atoms with Gasteiger partial charge in [0.05, 0.1) is 10.6 Å². The Morgan fingerprint density at radius 2 is 1.79 bits per heavy atom. The van der Waals surface area contributed by atoms with E-state index in [1.165, 1.54) is 31.2 Å². The Morgan fingerprint density at radius 3 is 2.50 bits per heavy atom. The lowest BCUT2D eigenvalue weighted by molar-refractivity contribution is 0.0701. The topological polar surface area (TPSA) is 50.2 Å². The predicted octanol–water partition coefficient (Wildman–Crippen LogP) is 6.07. The number of hydrogen-bond acceptors (Lipinski definition) is 5. The summed E-state index contributed by atoms with van der Waals surface area (Å²) in [5, 5.41) is 11.3. The molecule has 0 radical (unpaired) electrons. The summed E-state index contributed by atoms with van der Waals surface area (Å²) in [7, 11) is 0. The summed E-state index contributed by atoms with van der Waals surface area (Å²) in [6.45, 7) is 3.80. The zero-order valence-electron chi connectivity index (χ0n) is 13.0. The molecule has 1 N–H and O–H groups in total. The number of aromatic nitrogens is 1. The minimum atomic E-state index is -0.907. The predicted molar refractivity (Wildman–Crippen MR) is 103 cm³/mol. The van der Waals surface area contributed by atoms with Crippen LogP contribution in [0.2, 0.25) is 0 Å². The van der Waals surface area contributed by atoms with E-state index in [1.54, 1.807) is 29.6 Å². The van der Waals surface area contributed by atoms with E-state index in [-0.39, 0.29) is 0 Å². The summed E-state index contributed by atoms with van der Waals surface area (Å²) in [5.41, 5.74) is 1.72. The highest BCUT2D eigenvalue weighted by molar-refractivity contribution is 7.28. The molecule has 0 atom stereocenters. The smallest absolute Gasteiger partial charge is 0.347 e. The SMILES string of the molecule is Cc1cc(-c2cc3ccccc3s2)sc1-c1nc(C)c(C(=O)O)s1. The van der Waals surface area contributed by atoms with E-state index in [2.05, 4.69) is 48.3 Å². The van der Waals surface area contributed by atoms with E-state index >= 15 is 0 Å². The lowest BCUT2D eigenvalue weighted by Gasteiger charge is -1.91. The molecular formula is C18H13NO2S3. The third-order valence-electron chi connectivity index (χ3n) is 3.77. The van der Waals surface area contributed by atoms with Crippen molar-refractivity contribution in [3.63, 3.8) is 0 Å². The number of aryl methyl sites for hydroxylation is 2. The fourth-order valence-corrected chi connectivity index (χ4v) is 5.96. The zero-order valence-corrected chi connectivity index (χ0v) is 15.4. The highest BCUT2D eigenvalue weighted by Crippen LogP contribution is 2.43. The molecule has 3 heterocycles. The van der Waals surface area contributed by atoms with Gasteiger partial charge in [-0.2, -0.15) is 0 Å². The van der Waals surface area contributed by atoms with Crippen molar-refractivity contribution in [2.45, 2.75) is 13.8 Å². The van der Waals surface area contributed by atoms with Crippen LogP contribution < -0.4 is 0 Å². The molecule has 0 saturated carbocycles. The lowest BCUT2D eigenvalue weighted by Crippen LogP contribution is -1.94. The third kappa shape index (κ3) is 2.56. The van der Waals surface area contributed by atoms with Gasteiger partial charge < -0.3 is 5.11 Å². The van der Waals surface area contributed by atoms with Gasteiger partial charge >= 0.3 is 5.97 Å². The molecular weight excluding hydrogens is 358 g/mol. The van der Waals surface area contributed by atoms with Crippen molar-refractivity contribution in [1.82, 2.24) is 4.98 Å². The van der Waals surface area contributed by atoms with Gasteiger partial charge in [-0.3, -0.25) is 0 Å². The van der Waals surface area contributed by atoms with Crippen LogP contribution in [-0.2, 0) is 0 Å². The Labute approximate surface area is 150 Å². The number of benzene rings is 1. The number of thiazole rings is 1. The van der Waals surface area contributed by atoms with Gasteiger partial charge in [-0.1, -0.05) is 18.2 Å². The number of carboxylic acid groups (broad SMARTS) is 1. The van der Waals surface area contributed by atoms with Gasteiger partial charge in [-0.25, -0.2) is 9.78 Å². The first-order valence-electron chi connectivity index (χ1n) is 7.33. The van der Waals surface area contributed by atoms with E-state index in [0.717, 1.165) is 15.4 Å². The highest BCUT2D eigenvalue weighted by Gasteiger charge is 2.19. The summed E-state index contributed by atoms with van der Waals surface area (Å²) in [5.74, 6) is -0.907. The van der Waals surface area contributed by atoms with Gasteiger partial charge in [0.25, 0.3) is 0 Å². The molecule has 0 saturated heterocycles. The normalized spacial score (nSPS) is 11.2. The molecule has 0 aliphatic heterocycles. The second-order valence-electron chi connectivity index (χ2n) is 5.51. The van der Waals surface area contributed by atoms with Gasteiger partial charge in [-0.05, 0) is 43.0 Å². The molecule has 3 nitrogen and oxygen atoms in total. The number of hydrogen-bond donors (Lipinski definition) is 1. The Balaban J connectivity index is 1.79. The fourth-order valence-electron chi connectivity index (χ4n) is 2.61. The standard InChI is InChI=1S/C18H13NO2S3/c1-9-7-13(14-8-11-5-3-4-6-12(11)22-14)23-15(9)17-19-10(2)16(24-17)18(20)21/h3-8H,1-2H3,(H,20,21). The van der Waals surface area contributed by atoms with Gasteiger partial charge in [0.1, 0.15) is 9.88 Å². The molecule has 0 aliphatic rings. The zero-order chi connectivity index (χ0) is 16.8. The van der Waals surface area contributed by atoms with Crippen LogP contribution in [-0.4, -0.2) is 16.1 Å². The summed E-state index contributed by atoms with van der Waals surface area (Å²) >= 11 is 4.71. The van der Waals surface area contributed by atoms with Crippen molar-refractivity contribution in [2.75, 3.05) is 0 Å². The van der Waals surface area contributed by atoms with Crippen LogP contribution in [0.4, 0.5) is 0 Å². The molecule has 3 aromatic heterocycles. The Kier molecular flexibility index (Phi) is 3.75. The van der Waals surface area contributed by atoms with E-state index in [0.29, 0.717) is 10.6 Å². The van der Waals surface area contributed by atoms with E-state index in [9.17, 15) is 9.90 Å². The molecule has 24 heavy (non-hydrogen) atoms. The summed E-state index contributed by atoms with van der Waals surface area (Å²) < 4.78 is 1.28.